The summed E-state index contributed by atoms with van der Waals surface area (Å²) < 4.78 is 56.7. The molecular formula is C27H34F4N4O2. The molecule has 2 aromatic rings. The van der Waals surface area contributed by atoms with Crippen LogP contribution in [0.5, 0.6) is 0 Å². The summed E-state index contributed by atoms with van der Waals surface area (Å²) in [5.74, 6) is -2.62. The Balaban J connectivity index is 1.73. The first-order valence-electron chi connectivity index (χ1n) is 12.2. The summed E-state index contributed by atoms with van der Waals surface area (Å²) in [6.45, 7) is 3.51. The molecule has 6 nitrogen and oxygen atoms in total. The number of halogens is 4. The highest BCUT2D eigenvalue weighted by atomic mass is 19.4. The highest BCUT2D eigenvalue weighted by molar-refractivity contribution is 5.94. The van der Waals surface area contributed by atoms with Crippen molar-refractivity contribution in [1.29, 1.82) is 0 Å². The van der Waals surface area contributed by atoms with Crippen molar-refractivity contribution in [2.24, 2.45) is 5.41 Å². The standard InChI is InChI=1S/C27H34F4N4O2/c1-16-6-7-19(14-33-16)22(26(10-11-26)27(29,30)31)13-23(36)34-15-20(35(4)5)12-18-8-9-21(25(37)32-3)24(28)17(18)2/h6-9,14,20,22H,10-13,15H2,1-5H3,(H,32,37)(H,34,36)/t20-,22+/m0/s1. The Morgan fingerprint density at radius 3 is 2.32 bits per heavy atom. The number of alkyl halides is 3. The minimum atomic E-state index is -4.42. The van der Waals surface area contributed by atoms with E-state index in [0.29, 0.717) is 28.8 Å². The Bertz CT molecular complexity index is 1130. The number of amides is 2. The minimum absolute atomic E-state index is 0.0143. The number of benzene rings is 1. The van der Waals surface area contributed by atoms with Gasteiger partial charge in [0.15, 0.2) is 0 Å². The third kappa shape index (κ3) is 6.29. The van der Waals surface area contributed by atoms with Crippen LogP contribution in [0.3, 0.4) is 0 Å². The molecule has 1 aromatic heterocycles. The lowest BCUT2D eigenvalue weighted by Crippen LogP contribution is -2.43. The van der Waals surface area contributed by atoms with E-state index in [1.165, 1.54) is 19.3 Å². The van der Waals surface area contributed by atoms with Gasteiger partial charge < -0.3 is 15.5 Å². The summed E-state index contributed by atoms with van der Waals surface area (Å²) in [6.07, 6.45) is -2.95. The molecule has 3 rings (SSSR count). The normalized spacial score (nSPS) is 16.3. The number of nitrogens with zero attached hydrogens (tertiary/aromatic N) is 2. The summed E-state index contributed by atoms with van der Waals surface area (Å²) >= 11 is 0. The van der Waals surface area contributed by atoms with Gasteiger partial charge in [-0.3, -0.25) is 14.6 Å². The Kier molecular flexibility index (Phi) is 8.62. The molecular weight excluding hydrogens is 488 g/mol. The second-order valence-corrected chi connectivity index (χ2v) is 10.1. The zero-order valence-corrected chi connectivity index (χ0v) is 21.8. The van der Waals surface area contributed by atoms with E-state index in [1.54, 1.807) is 32.0 Å². The first-order valence-corrected chi connectivity index (χ1v) is 12.2. The maximum Gasteiger partial charge on any atom is 0.395 e. The van der Waals surface area contributed by atoms with E-state index >= 15 is 0 Å². The number of rotatable bonds is 10. The van der Waals surface area contributed by atoms with E-state index in [0.717, 1.165) is 0 Å². The SMILES string of the molecule is CNC(=O)c1ccc(C[C@@H](CNC(=O)C[C@H](c2ccc(C)nc2)C2(C(F)(F)F)CC2)N(C)C)c(C)c1F. The molecule has 0 bridgehead atoms. The zero-order chi connectivity index (χ0) is 27.5. The van der Waals surface area contributed by atoms with Crippen molar-refractivity contribution in [3.05, 3.63) is 64.2 Å². The van der Waals surface area contributed by atoms with Crippen molar-refractivity contribution < 1.29 is 27.2 Å². The fourth-order valence-electron chi connectivity index (χ4n) is 4.72. The Morgan fingerprint density at radius 2 is 1.81 bits per heavy atom. The van der Waals surface area contributed by atoms with Gasteiger partial charge in [0.25, 0.3) is 5.91 Å². The molecule has 1 fully saturated rings. The van der Waals surface area contributed by atoms with Crippen LogP contribution in [-0.2, 0) is 11.2 Å². The van der Waals surface area contributed by atoms with Crippen molar-refractivity contribution in [3.8, 4) is 0 Å². The molecule has 0 unspecified atom stereocenters. The van der Waals surface area contributed by atoms with Crippen LogP contribution in [-0.4, -0.2) is 61.6 Å². The van der Waals surface area contributed by atoms with Gasteiger partial charge >= 0.3 is 6.18 Å². The van der Waals surface area contributed by atoms with E-state index in [2.05, 4.69) is 15.6 Å². The number of aryl methyl sites for hydroxylation is 1. The summed E-state index contributed by atoms with van der Waals surface area (Å²) in [5.41, 5.74) is 0.148. The molecule has 1 heterocycles. The van der Waals surface area contributed by atoms with Crippen LogP contribution in [0.25, 0.3) is 0 Å². The number of aromatic nitrogens is 1. The van der Waals surface area contributed by atoms with Crippen molar-refractivity contribution in [1.82, 2.24) is 20.5 Å². The molecule has 1 aliphatic carbocycles. The molecule has 2 N–H and O–H groups in total. The van der Waals surface area contributed by atoms with Crippen LogP contribution in [0.2, 0.25) is 0 Å². The van der Waals surface area contributed by atoms with Gasteiger partial charge in [0, 0.05) is 43.9 Å². The van der Waals surface area contributed by atoms with Crippen LogP contribution >= 0.6 is 0 Å². The minimum Gasteiger partial charge on any atom is -0.355 e. The molecule has 0 spiro atoms. The maximum atomic E-state index is 14.8. The van der Waals surface area contributed by atoms with Crippen molar-refractivity contribution in [2.45, 2.75) is 57.7 Å². The second kappa shape index (κ2) is 11.2. The van der Waals surface area contributed by atoms with Crippen LogP contribution < -0.4 is 10.6 Å². The molecule has 0 saturated heterocycles. The number of carbonyl (C=O) groups is 2. The van der Waals surface area contributed by atoms with Crippen LogP contribution in [0.15, 0.2) is 30.5 Å². The lowest BCUT2D eigenvalue weighted by atomic mass is 9.80. The first kappa shape index (κ1) is 28.6. The van der Waals surface area contributed by atoms with Crippen LogP contribution in [0.4, 0.5) is 17.6 Å². The molecule has 202 valence electrons. The Hall–Kier alpha value is -3.01. The summed E-state index contributed by atoms with van der Waals surface area (Å²) in [5, 5.41) is 5.20. The van der Waals surface area contributed by atoms with E-state index in [9.17, 15) is 27.2 Å². The predicted molar refractivity (Wildman–Crippen MR) is 133 cm³/mol. The predicted octanol–water partition coefficient (Wildman–Crippen LogP) is 4.30. The van der Waals surface area contributed by atoms with Gasteiger partial charge in [0.05, 0.1) is 11.0 Å². The molecule has 37 heavy (non-hydrogen) atoms. The van der Waals surface area contributed by atoms with Gasteiger partial charge in [0.2, 0.25) is 5.91 Å². The molecule has 1 aromatic carbocycles. The fourth-order valence-corrected chi connectivity index (χ4v) is 4.72. The fraction of sp³-hybridized carbons (Fsp3) is 0.519. The van der Waals surface area contributed by atoms with Crippen molar-refractivity contribution in [2.75, 3.05) is 27.7 Å². The Morgan fingerprint density at radius 1 is 1.14 bits per heavy atom. The highest BCUT2D eigenvalue weighted by Crippen LogP contribution is 2.66. The van der Waals surface area contributed by atoms with Crippen molar-refractivity contribution in [3.63, 3.8) is 0 Å². The number of hydrogen-bond donors (Lipinski definition) is 2. The average molecular weight is 523 g/mol. The van der Waals surface area contributed by atoms with Gasteiger partial charge in [-0.15, -0.1) is 0 Å². The molecule has 2 atom stereocenters. The lowest BCUT2D eigenvalue weighted by Gasteiger charge is -2.30. The number of likely N-dealkylation sites (N-methyl/N-ethyl adjacent to an activating group) is 1. The largest absolute Gasteiger partial charge is 0.395 e. The molecule has 0 aliphatic heterocycles. The first-order chi connectivity index (χ1) is 17.3. The summed E-state index contributed by atoms with van der Waals surface area (Å²) in [6, 6.07) is 6.14. The molecule has 0 radical (unpaired) electrons. The number of pyridine rings is 1. The van der Waals surface area contributed by atoms with E-state index < -0.39 is 35.1 Å². The average Bonchev–Trinajstić information content (AvgIpc) is 3.65. The van der Waals surface area contributed by atoms with Crippen molar-refractivity contribution >= 4 is 11.8 Å². The third-order valence-electron chi connectivity index (χ3n) is 7.44. The van der Waals surface area contributed by atoms with Gasteiger partial charge in [-0.1, -0.05) is 12.1 Å². The van der Waals surface area contributed by atoms with E-state index in [4.69, 9.17) is 0 Å². The summed E-state index contributed by atoms with van der Waals surface area (Å²) in [7, 11) is 5.05. The van der Waals surface area contributed by atoms with Crippen LogP contribution in [0.1, 0.15) is 57.9 Å². The molecule has 1 saturated carbocycles. The van der Waals surface area contributed by atoms with Gasteiger partial charge in [-0.25, -0.2) is 4.39 Å². The number of hydrogen-bond acceptors (Lipinski definition) is 4. The molecule has 1 aliphatic rings. The lowest BCUT2D eigenvalue weighted by molar-refractivity contribution is -0.194. The number of nitrogens with one attached hydrogen (secondary N) is 2. The smallest absolute Gasteiger partial charge is 0.355 e. The highest BCUT2D eigenvalue weighted by Gasteiger charge is 2.67. The van der Waals surface area contributed by atoms with E-state index in [1.807, 2.05) is 19.0 Å². The molecule has 2 amide bonds. The second-order valence-electron chi connectivity index (χ2n) is 10.1. The topological polar surface area (TPSA) is 74.3 Å². The third-order valence-corrected chi connectivity index (χ3v) is 7.44. The summed E-state index contributed by atoms with van der Waals surface area (Å²) in [4.78, 5) is 30.8. The van der Waals surface area contributed by atoms with Gasteiger partial charge in [-0.05, 0) is 76.0 Å². The van der Waals surface area contributed by atoms with Gasteiger partial charge in [0.1, 0.15) is 5.82 Å². The van der Waals surface area contributed by atoms with Gasteiger partial charge in [-0.2, -0.15) is 13.2 Å². The quantitative estimate of drug-likeness (QED) is 0.457. The monoisotopic (exact) mass is 522 g/mol. The molecule has 10 heteroatoms. The zero-order valence-electron chi connectivity index (χ0n) is 21.8. The Labute approximate surface area is 214 Å². The van der Waals surface area contributed by atoms with E-state index in [-0.39, 0.29) is 37.4 Å². The maximum absolute atomic E-state index is 14.8. The van der Waals surface area contributed by atoms with Crippen LogP contribution in [0, 0.1) is 25.1 Å². The number of carbonyl (C=O) groups excluding carboxylic acids is 2.